The molecule has 3 unspecified atom stereocenters. The smallest absolute Gasteiger partial charge is 0.374 e. The molecule has 40 heavy (non-hydrogen) atoms. The molecule has 0 aromatic carbocycles. The van der Waals surface area contributed by atoms with Gasteiger partial charge in [-0.2, -0.15) is 10.5 Å². The van der Waals surface area contributed by atoms with Crippen LogP contribution < -0.4 is 11.2 Å². The Balaban J connectivity index is 2.02. The van der Waals surface area contributed by atoms with Crippen molar-refractivity contribution < 1.29 is 36.7 Å². The fourth-order valence-corrected chi connectivity index (χ4v) is 7.52. The predicted molar refractivity (Wildman–Crippen MR) is 141 cm³/mol. The van der Waals surface area contributed by atoms with Crippen molar-refractivity contribution in [2.75, 3.05) is 33.5 Å². The number of phosphoric acid groups is 1. The summed E-state index contributed by atoms with van der Waals surface area (Å²) in [5, 5.41) is 17.8. The molecule has 1 N–H and O–H groups in total. The Kier molecular flexibility index (Phi) is 11.6. The van der Waals surface area contributed by atoms with Crippen LogP contribution >= 0.6 is 16.3 Å². The first-order valence-electron chi connectivity index (χ1n) is 12.7. The van der Waals surface area contributed by atoms with Crippen molar-refractivity contribution in [3.63, 3.8) is 0 Å². The first-order valence-corrected chi connectivity index (χ1v) is 15.3. The largest absolute Gasteiger partial charge is 0.475 e. The zero-order valence-corrected chi connectivity index (χ0v) is 24.8. The van der Waals surface area contributed by atoms with Gasteiger partial charge in [0.05, 0.1) is 51.4 Å². The zero-order chi connectivity index (χ0) is 29.5. The normalized spacial score (nSPS) is 29.2. The summed E-state index contributed by atoms with van der Waals surface area (Å²) in [5.41, 5.74) is -2.78. The Morgan fingerprint density at radius 2 is 1.80 bits per heavy atom. The maximum atomic E-state index is 13.0. The number of H-pyrrole nitrogens is 1. The van der Waals surface area contributed by atoms with E-state index in [1.807, 2.05) is 44.5 Å². The lowest BCUT2D eigenvalue weighted by Gasteiger charge is -2.42. The molecule has 0 radical (unpaired) electrons. The number of phosphoric ester groups is 1. The van der Waals surface area contributed by atoms with Crippen LogP contribution in [0.15, 0.2) is 21.9 Å². The van der Waals surface area contributed by atoms with Crippen LogP contribution in [0.1, 0.15) is 46.8 Å². The Bertz CT molecular complexity index is 1220. The quantitative estimate of drug-likeness (QED) is 0.256. The molecule has 0 aliphatic carbocycles. The Labute approximate surface area is 233 Å². The van der Waals surface area contributed by atoms with E-state index in [0.29, 0.717) is 0 Å². The summed E-state index contributed by atoms with van der Waals surface area (Å²) in [4.78, 5) is 26.6. The summed E-state index contributed by atoms with van der Waals surface area (Å²) in [5.74, 6) is 0. The molecule has 2 saturated heterocycles. The van der Waals surface area contributed by atoms with Crippen LogP contribution in [0.3, 0.4) is 0 Å². The number of nitrogens with one attached hydrogen (secondary N) is 1. The molecule has 17 heteroatoms. The van der Waals surface area contributed by atoms with Gasteiger partial charge in [0, 0.05) is 31.5 Å². The number of aromatic amines is 1. The third kappa shape index (κ3) is 7.44. The van der Waals surface area contributed by atoms with Crippen LogP contribution in [0.2, 0.25) is 0 Å². The minimum absolute atomic E-state index is 0.0160. The summed E-state index contributed by atoms with van der Waals surface area (Å²) in [6.45, 7) is 7.19. The molecule has 3 rings (SSSR count). The lowest BCUT2D eigenvalue weighted by atomic mass is 9.97. The second kappa shape index (κ2) is 14.3. The van der Waals surface area contributed by atoms with Gasteiger partial charge in [0.15, 0.2) is 6.23 Å². The second-order valence-electron chi connectivity index (χ2n) is 9.60. The fraction of sp³-hybridized carbons (Fsp3) is 0.739. The highest BCUT2D eigenvalue weighted by Crippen LogP contribution is 2.59. The maximum Gasteiger partial charge on any atom is 0.475 e. The van der Waals surface area contributed by atoms with E-state index in [-0.39, 0.29) is 51.4 Å². The zero-order valence-electron chi connectivity index (χ0n) is 23.0. The van der Waals surface area contributed by atoms with Crippen molar-refractivity contribution in [1.29, 1.82) is 10.5 Å². The van der Waals surface area contributed by atoms with Crippen LogP contribution in [0, 0.1) is 22.7 Å². The molecule has 1 spiro atoms. The van der Waals surface area contributed by atoms with E-state index < -0.39 is 51.6 Å². The number of nitriles is 2. The van der Waals surface area contributed by atoms with Gasteiger partial charge in [0.25, 0.3) is 14.1 Å². The highest BCUT2D eigenvalue weighted by atomic mass is 31.2. The minimum Gasteiger partial charge on any atom is -0.374 e. The molecule has 1 aromatic heterocycles. The number of nitrogens with zero attached hydrogens (tertiary/aromatic N) is 4. The standard InChI is InChI=1S/C23H35N5O10P2/c1-16(2)28(17(3)4)39(33-12-6-9-24)38-20-19(32-5)21(27-11-8-18(29)26-22(27)30)37-23(20)14-35-40(31,36-15-23)34-13-7-10-25/h8,11,16-17,19-21H,6-7,12-15H2,1-5H3,(H,26,29,30)/t19?,20-,21?,23?,39?,40?/m1/s1. The molecule has 4 atom stereocenters. The number of rotatable bonds is 13. The van der Waals surface area contributed by atoms with E-state index in [0.717, 1.165) is 4.57 Å². The third-order valence-corrected chi connectivity index (χ3v) is 9.62. The number of hydrogen-bond acceptors (Lipinski definition) is 13. The van der Waals surface area contributed by atoms with Crippen molar-refractivity contribution in [3.8, 4) is 12.1 Å². The summed E-state index contributed by atoms with van der Waals surface area (Å²) in [6, 6.07) is 5.07. The summed E-state index contributed by atoms with van der Waals surface area (Å²) in [7, 11) is -4.41. The van der Waals surface area contributed by atoms with Crippen LogP contribution in [0.4, 0.5) is 0 Å². The highest BCUT2D eigenvalue weighted by Gasteiger charge is 2.62. The van der Waals surface area contributed by atoms with E-state index in [4.69, 9.17) is 42.6 Å². The first-order chi connectivity index (χ1) is 19.0. The van der Waals surface area contributed by atoms with Gasteiger partial charge in [0.1, 0.15) is 17.8 Å². The van der Waals surface area contributed by atoms with Gasteiger partial charge in [-0.1, -0.05) is 0 Å². The van der Waals surface area contributed by atoms with Gasteiger partial charge in [-0.05, 0) is 27.7 Å². The van der Waals surface area contributed by atoms with Crippen LogP contribution in [0.25, 0.3) is 0 Å². The van der Waals surface area contributed by atoms with Gasteiger partial charge in [-0.3, -0.25) is 27.9 Å². The maximum absolute atomic E-state index is 13.0. The lowest BCUT2D eigenvalue weighted by Crippen LogP contribution is -2.54. The van der Waals surface area contributed by atoms with E-state index in [9.17, 15) is 14.2 Å². The molecule has 2 fully saturated rings. The summed E-state index contributed by atoms with van der Waals surface area (Å²) >= 11 is 0. The molecule has 1 aromatic rings. The monoisotopic (exact) mass is 603 g/mol. The van der Waals surface area contributed by atoms with E-state index in [1.165, 1.54) is 19.4 Å². The predicted octanol–water partition coefficient (Wildman–Crippen LogP) is 2.57. The molecular formula is C23H35N5O10P2. The van der Waals surface area contributed by atoms with Gasteiger partial charge in [-0.15, -0.1) is 0 Å². The summed E-state index contributed by atoms with van der Waals surface area (Å²) < 4.78 is 57.3. The minimum atomic E-state index is -4.01. The van der Waals surface area contributed by atoms with Gasteiger partial charge in [0.2, 0.25) is 0 Å². The molecular weight excluding hydrogens is 568 g/mol. The van der Waals surface area contributed by atoms with Gasteiger partial charge in [-0.25, -0.2) is 14.0 Å². The lowest BCUT2D eigenvalue weighted by molar-refractivity contribution is -0.163. The van der Waals surface area contributed by atoms with Crippen LogP contribution in [0.5, 0.6) is 0 Å². The van der Waals surface area contributed by atoms with E-state index in [2.05, 4.69) is 4.98 Å². The van der Waals surface area contributed by atoms with Crippen molar-refractivity contribution in [2.45, 2.75) is 76.7 Å². The fourth-order valence-electron chi connectivity index (χ4n) is 4.42. The van der Waals surface area contributed by atoms with Crippen molar-refractivity contribution in [3.05, 3.63) is 33.1 Å². The first kappa shape index (κ1) is 32.5. The van der Waals surface area contributed by atoms with E-state index >= 15 is 0 Å². The molecule has 0 amide bonds. The van der Waals surface area contributed by atoms with Gasteiger partial charge < -0.3 is 18.5 Å². The number of methoxy groups -OCH3 is 1. The van der Waals surface area contributed by atoms with Crippen LogP contribution in [-0.4, -0.2) is 77.7 Å². The molecule has 222 valence electrons. The van der Waals surface area contributed by atoms with Gasteiger partial charge >= 0.3 is 13.5 Å². The Hall–Kier alpha value is -2.00. The average molecular weight is 604 g/mol. The topological polar surface area (TPSA) is 187 Å². The number of ether oxygens (including phenoxy) is 2. The van der Waals surface area contributed by atoms with Crippen LogP contribution in [-0.2, 0) is 36.7 Å². The molecule has 15 nitrogen and oxygen atoms in total. The number of hydrogen-bond donors (Lipinski definition) is 1. The summed E-state index contributed by atoms with van der Waals surface area (Å²) in [6.07, 6.45) is -1.66. The molecule has 0 bridgehead atoms. The second-order valence-corrected chi connectivity index (χ2v) is 12.7. The Morgan fingerprint density at radius 3 is 2.35 bits per heavy atom. The molecule has 2 aliphatic heterocycles. The Morgan fingerprint density at radius 1 is 1.18 bits per heavy atom. The molecule has 3 heterocycles. The molecule has 2 aliphatic rings. The van der Waals surface area contributed by atoms with E-state index in [1.54, 1.807) is 0 Å². The highest BCUT2D eigenvalue weighted by molar-refractivity contribution is 7.48. The third-order valence-electron chi connectivity index (χ3n) is 6.11. The average Bonchev–Trinajstić information content (AvgIpc) is 3.18. The SMILES string of the molecule is COC1C(n2ccc(=O)[nH]c2=O)OC2(COP(=O)(OCCC#N)OC2)[C@@H]1OP(OCCC#N)N(C(C)C)C(C)C. The molecule has 0 saturated carbocycles. The number of aromatic nitrogens is 2. The van der Waals surface area contributed by atoms with Crippen molar-refractivity contribution >= 4 is 16.3 Å². The van der Waals surface area contributed by atoms with Crippen molar-refractivity contribution in [2.24, 2.45) is 0 Å². The van der Waals surface area contributed by atoms with Crippen molar-refractivity contribution in [1.82, 2.24) is 14.2 Å².